The monoisotopic (exact) mass is 438 g/mol. The first-order chi connectivity index (χ1) is 15.2. The maximum Gasteiger partial charge on any atom is 0.246 e. The van der Waals surface area contributed by atoms with E-state index >= 15 is 0 Å². The van der Waals surface area contributed by atoms with Crippen LogP contribution in [0.2, 0.25) is 0 Å². The predicted octanol–water partition coefficient (Wildman–Crippen LogP) is 5.41. The quantitative estimate of drug-likeness (QED) is 0.686. The van der Waals surface area contributed by atoms with Crippen LogP contribution in [0.5, 0.6) is 0 Å². The molecule has 4 aliphatic rings. The van der Waals surface area contributed by atoms with Crippen LogP contribution in [0.15, 0.2) is 36.4 Å². The number of nitrogens with one attached hydrogen (secondary N) is 1. The molecule has 1 aromatic carbocycles. The minimum Gasteiger partial charge on any atom is -0.338 e. The fourth-order valence-corrected chi connectivity index (χ4v) is 8.15. The summed E-state index contributed by atoms with van der Waals surface area (Å²) in [5, 5.41) is 2.97. The second-order valence-corrected chi connectivity index (χ2v) is 11.2. The van der Waals surface area contributed by atoms with Gasteiger partial charge in [0.1, 0.15) is 5.82 Å². The van der Waals surface area contributed by atoms with E-state index in [4.69, 9.17) is 0 Å². The summed E-state index contributed by atoms with van der Waals surface area (Å²) < 4.78 is 13.2. The number of halogens is 1. The lowest BCUT2D eigenvalue weighted by atomic mass is 9.47. The number of carbonyl (C=O) groups is 2. The number of amides is 2. The van der Waals surface area contributed by atoms with Crippen LogP contribution >= 0.6 is 0 Å². The van der Waals surface area contributed by atoms with E-state index in [9.17, 15) is 14.0 Å². The Bertz CT molecular complexity index is 943. The molecule has 0 radical (unpaired) electrons. The zero-order chi connectivity index (χ0) is 22.7. The highest BCUT2D eigenvalue weighted by molar-refractivity contribution is 5.91. The van der Waals surface area contributed by atoms with Gasteiger partial charge in [-0.3, -0.25) is 9.59 Å². The van der Waals surface area contributed by atoms with Crippen molar-refractivity contribution >= 4 is 17.5 Å². The van der Waals surface area contributed by atoms with E-state index in [1.807, 2.05) is 11.9 Å². The van der Waals surface area contributed by atoms with Crippen molar-refractivity contribution in [2.24, 2.45) is 34.5 Å². The van der Waals surface area contributed by atoms with Crippen molar-refractivity contribution in [1.29, 1.82) is 0 Å². The fraction of sp³-hybridized carbons (Fsp3) is 0.630. The topological polar surface area (TPSA) is 49.4 Å². The standard InChI is InChI=1S/C27H35FN2O2/c1-26-14-12-22-20(9-11-23-27(22,2)15-13-25(32)30(23)3)21(26)10-4-17(26)16-24(31)29-19-7-5-18(28)6-8-19/h5-8,13,15,17,20-23H,4,9-12,14,16H2,1-3H3,(H,29,31)/t17-,20?,21?,22?,23?,26-,27-/m1/s1. The summed E-state index contributed by atoms with van der Waals surface area (Å²) in [6, 6.07) is 6.31. The van der Waals surface area contributed by atoms with Gasteiger partial charge in [-0.2, -0.15) is 0 Å². The second kappa shape index (κ2) is 7.71. The third-order valence-electron chi connectivity index (χ3n) is 9.88. The van der Waals surface area contributed by atoms with Gasteiger partial charge in [-0.15, -0.1) is 0 Å². The van der Waals surface area contributed by atoms with E-state index < -0.39 is 0 Å². The van der Waals surface area contributed by atoms with Crippen LogP contribution in [0.3, 0.4) is 0 Å². The van der Waals surface area contributed by atoms with Gasteiger partial charge in [0.25, 0.3) is 0 Å². The molecule has 32 heavy (non-hydrogen) atoms. The first-order valence-electron chi connectivity index (χ1n) is 12.2. The number of hydrogen-bond donors (Lipinski definition) is 1. The van der Waals surface area contributed by atoms with Gasteiger partial charge in [-0.1, -0.05) is 19.9 Å². The highest BCUT2D eigenvalue weighted by Crippen LogP contribution is 2.65. The normalized spacial score (nSPS) is 40.4. The lowest BCUT2D eigenvalue weighted by Gasteiger charge is -2.60. The molecule has 172 valence electrons. The van der Waals surface area contributed by atoms with Crippen LogP contribution in [0.1, 0.15) is 58.8 Å². The number of benzene rings is 1. The number of nitrogens with zero attached hydrogens (tertiary/aromatic N) is 1. The molecule has 1 aliphatic heterocycles. The lowest BCUT2D eigenvalue weighted by molar-refractivity contribution is -0.139. The Hall–Kier alpha value is -2.17. The second-order valence-electron chi connectivity index (χ2n) is 11.2. The SMILES string of the molecule is CN1C(=O)C=C[C@]2(C)C3CC[C@@]4(C)C(CC[C@@H]4CC(=O)Nc4ccc(F)cc4)C3CCC12. The Morgan fingerprint density at radius 3 is 2.59 bits per heavy atom. The first kappa shape index (κ1) is 21.7. The van der Waals surface area contributed by atoms with Gasteiger partial charge in [0, 0.05) is 30.6 Å². The maximum atomic E-state index is 13.2. The highest BCUT2D eigenvalue weighted by atomic mass is 19.1. The van der Waals surface area contributed by atoms with Crippen LogP contribution in [0, 0.1) is 40.3 Å². The van der Waals surface area contributed by atoms with E-state index in [0.717, 1.165) is 19.3 Å². The molecule has 1 N–H and O–H groups in total. The van der Waals surface area contributed by atoms with Crippen molar-refractivity contribution in [3.8, 4) is 0 Å². The molecule has 0 aromatic heterocycles. The van der Waals surface area contributed by atoms with E-state index in [0.29, 0.717) is 41.8 Å². The number of fused-ring (bicyclic) bond motifs is 5. The first-order valence-corrected chi connectivity index (χ1v) is 12.2. The molecule has 0 saturated heterocycles. The number of hydrogen-bond acceptors (Lipinski definition) is 2. The molecule has 4 unspecified atom stereocenters. The van der Waals surface area contributed by atoms with Crippen molar-refractivity contribution in [3.05, 3.63) is 42.2 Å². The lowest BCUT2D eigenvalue weighted by Crippen LogP contribution is -2.59. The van der Waals surface area contributed by atoms with Crippen LogP contribution in [-0.4, -0.2) is 29.8 Å². The zero-order valence-corrected chi connectivity index (χ0v) is 19.4. The number of likely N-dealkylation sites (N-methyl/N-ethyl adjacent to an activating group) is 1. The van der Waals surface area contributed by atoms with E-state index in [2.05, 4.69) is 25.2 Å². The molecule has 1 heterocycles. The van der Waals surface area contributed by atoms with Gasteiger partial charge in [-0.05, 0) is 98.0 Å². The molecule has 5 heteroatoms. The zero-order valence-electron chi connectivity index (χ0n) is 19.4. The maximum absolute atomic E-state index is 13.2. The summed E-state index contributed by atoms with van der Waals surface area (Å²) >= 11 is 0. The largest absolute Gasteiger partial charge is 0.338 e. The van der Waals surface area contributed by atoms with Crippen molar-refractivity contribution in [2.75, 3.05) is 12.4 Å². The van der Waals surface area contributed by atoms with Gasteiger partial charge in [0.15, 0.2) is 0 Å². The van der Waals surface area contributed by atoms with Crippen molar-refractivity contribution in [1.82, 2.24) is 4.90 Å². The molecule has 3 aliphatic carbocycles. The van der Waals surface area contributed by atoms with Gasteiger partial charge in [-0.25, -0.2) is 4.39 Å². The molecule has 1 aromatic rings. The molecule has 0 bridgehead atoms. The van der Waals surface area contributed by atoms with Crippen LogP contribution < -0.4 is 5.32 Å². The minimum absolute atomic E-state index is 0.0385. The summed E-state index contributed by atoms with van der Waals surface area (Å²) in [6.07, 6.45) is 11.5. The number of anilines is 1. The van der Waals surface area contributed by atoms with E-state index in [-0.39, 0.29) is 28.5 Å². The summed E-state index contributed by atoms with van der Waals surface area (Å²) in [4.78, 5) is 27.0. The smallest absolute Gasteiger partial charge is 0.246 e. The molecule has 3 saturated carbocycles. The average molecular weight is 439 g/mol. The van der Waals surface area contributed by atoms with Gasteiger partial charge in [0.05, 0.1) is 0 Å². The van der Waals surface area contributed by atoms with Gasteiger partial charge >= 0.3 is 0 Å². The van der Waals surface area contributed by atoms with Gasteiger partial charge in [0.2, 0.25) is 11.8 Å². The fourth-order valence-electron chi connectivity index (χ4n) is 8.15. The Balaban J connectivity index is 1.31. The van der Waals surface area contributed by atoms with Crippen molar-refractivity contribution in [2.45, 2.75) is 64.8 Å². The third kappa shape index (κ3) is 3.31. The summed E-state index contributed by atoms with van der Waals surface area (Å²) in [5.41, 5.74) is 0.920. The van der Waals surface area contributed by atoms with Crippen molar-refractivity contribution in [3.63, 3.8) is 0 Å². The molecule has 5 rings (SSSR count). The summed E-state index contributed by atoms with van der Waals surface area (Å²) in [5.74, 6) is 2.21. The number of rotatable bonds is 3. The summed E-state index contributed by atoms with van der Waals surface area (Å²) in [6.45, 7) is 4.80. The molecule has 4 nitrogen and oxygen atoms in total. The predicted molar refractivity (Wildman–Crippen MR) is 123 cm³/mol. The molecular weight excluding hydrogens is 403 g/mol. The van der Waals surface area contributed by atoms with E-state index in [1.54, 1.807) is 18.2 Å². The van der Waals surface area contributed by atoms with Gasteiger partial charge < -0.3 is 10.2 Å². The Labute approximate surface area is 190 Å². The van der Waals surface area contributed by atoms with Crippen LogP contribution in [-0.2, 0) is 9.59 Å². The average Bonchev–Trinajstić information content (AvgIpc) is 3.09. The Morgan fingerprint density at radius 1 is 1.09 bits per heavy atom. The summed E-state index contributed by atoms with van der Waals surface area (Å²) in [7, 11) is 1.97. The van der Waals surface area contributed by atoms with Crippen molar-refractivity contribution < 1.29 is 14.0 Å². The third-order valence-corrected chi connectivity index (χ3v) is 9.88. The minimum atomic E-state index is -0.294. The van der Waals surface area contributed by atoms with Crippen LogP contribution in [0.25, 0.3) is 0 Å². The molecular formula is C27H35FN2O2. The van der Waals surface area contributed by atoms with E-state index in [1.165, 1.54) is 31.4 Å². The highest BCUT2D eigenvalue weighted by Gasteiger charge is 2.60. The number of carbonyl (C=O) groups excluding carboxylic acids is 2. The Kier molecular flexibility index (Phi) is 5.22. The Morgan fingerprint density at radius 2 is 1.84 bits per heavy atom. The molecule has 2 amide bonds. The molecule has 0 spiro atoms. The molecule has 3 fully saturated rings. The van der Waals surface area contributed by atoms with Crippen LogP contribution in [0.4, 0.5) is 10.1 Å². The molecule has 7 atom stereocenters.